The Morgan fingerprint density at radius 2 is 1.77 bits per heavy atom. The summed E-state index contributed by atoms with van der Waals surface area (Å²) in [6.07, 6.45) is -1.14. The molecule has 22 heavy (non-hydrogen) atoms. The largest absolute Gasteiger partial charge is 0.478 e. The Morgan fingerprint density at radius 3 is 2.36 bits per heavy atom. The zero-order chi connectivity index (χ0) is 15.7. The van der Waals surface area contributed by atoms with Crippen molar-refractivity contribution in [1.82, 2.24) is 5.48 Å². The highest BCUT2D eigenvalue weighted by Crippen LogP contribution is 2.27. The quantitative estimate of drug-likeness (QED) is 0.914. The number of carbonyl (C=O) groups is 1. The van der Waals surface area contributed by atoms with Crippen LogP contribution in [0.15, 0.2) is 47.5 Å². The first-order chi connectivity index (χ1) is 10.6. The predicted octanol–water partition coefficient (Wildman–Crippen LogP) is 2.64. The van der Waals surface area contributed by atoms with Gasteiger partial charge in [0.15, 0.2) is 5.84 Å². The monoisotopic (exact) mass is 304 g/mol. The number of rotatable bonds is 3. The van der Waals surface area contributed by atoms with Crippen molar-refractivity contribution >= 4 is 11.8 Å². The number of carboxylic acids is 1. The van der Waals surface area contributed by atoms with Gasteiger partial charge in [0.1, 0.15) is 11.6 Å². The minimum Gasteiger partial charge on any atom is -0.478 e. The van der Waals surface area contributed by atoms with Gasteiger partial charge in [0.2, 0.25) is 6.23 Å². The van der Waals surface area contributed by atoms with Gasteiger partial charge in [-0.15, -0.1) is 0 Å². The molecule has 1 atom stereocenters. The van der Waals surface area contributed by atoms with Crippen molar-refractivity contribution in [3.63, 3.8) is 0 Å². The van der Waals surface area contributed by atoms with Gasteiger partial charge in [0.05, 0.1) is 11.1 Å². The Balaban J connectivity index is 1.90. The Labute approximate surface area is 123 Å². The molecule has 0 fully saturated rings. The van der Waals surface area contributed by atoms with Gasteiger partial charge >= 0.3 is 5.97 Å². The van der Waals surface area contributed by atoms with E-state index in [1.165, 1.54) is 30.3 Å². The van der Waals surface area contributed by atoms with Crippen molar-refractivity contribution < 1.29 is 23.5 Å². The second kappa shape index (κ2) is 5.53. The fourth-order valence-electron chi connectivity index (χ4n) is 2.06. The zero-order valence-electron chi connectivity index (χ0n) is 11.1. The molecule has 0 amide bonds. The van der Waals surface area contributed by atoms with Gasteiger partial charge in [-0.25, -0.2) is 28.9 Å². The third-order valence-electron chi connectivity index (χ3n) is 3.17. The number of aliphatic imine (C=N–C) groups is 1. The molecule has 0 saturated heterocycles. The Kier molecular flexibility index (Phi) is 3.56. The molecule has 0 aromatic heterocycles. The number of hydrogen-bond acceptors (Lipinski definition) is 4. The summed E-state index contributed by atoms with van der Waals surface area (Å²) >= 11 is 0. The molecule has 0 spiro atoms. The molecule has 5 nitrogen and oxygen atoms in total. The van der Waals surface area contributed by atoms with E-state index in [0.717, 1.165) is 12.1 Å². The summed E-state index contributed by atoms with van der Waals surface area (Å²) in [7, 11) is 0. The molecule has 1 heterocycles. The first kappa shape index (κ1) is 14.2. The van der Waals surface area contributed by atoms with Crippen LogP contribution in [0.4, 0.5) is 8.78 Å². The Bertz CT molecular complexity index is 740. The molecule has 1 aliphatic rings. The van der Waals surface area contributed by atoms with E-state index in [0.29, 0.717) is 5.56 Å². The molecule has 112 valence electrons. The third-order valence-corrected chi connectivity index (χ3v) is 3.17. The fraction of sp³-hybridized carbons (Fsp3) is 0.0667. The smallest absolute Gasteiger partial charge is 0.335 e. The topological polar surface area (TPSA) is 70.9 Å². The van der Waals surface area contributed by atoms with Crippen LogP contribution in [0.2, 0.25) is 0 Å². The molecule has 0 radical (unpaired) electrons. The summed E-state index contributed by atoms with van der Waals surface area (Å²) in [5.74, 6) is -2.28. The lowest BCUT2D eigenvalue weighted by molar-refractivity contribution is 0.0332. The van der Waals surface area contributed by atoms with E-state index in [1.807, 2.05) is 0 Å². The first-order valence-corrected chi connectivity index (χ1v) is 6.33. The van der Waals surface area contributed by atoms with Gasteiger partial charge in [-0.1, -0.05) is 18.2 Å². The molecule has 1 unspecified atom stereocenters. The van der Waals surface area contributed by atoms with E-state index in [4.69, 9.17) is 9.94 Å². The number of amidine groups is 1. The standard InChI is InChI=1S/C15H10F2N2O3/c16-10-2-1-3-11(17)12(10)14-18-13(19-22-14)8-4-6-9(7-5-8)15(20)21/h1-7,14H,(H,18,19)(H,20,21). The van der Waals surface area contributed by atoms with Crippen LogP contribution in [-0.4, -0.2) is 16.9 Å². The van der Waals surface area contributed by atoms with E-state index in [1.54, 1.807) is 0 Å². The molecule has 0 aliphatic carbocycles. The normalized spacial score (nSPS) is 17.0. The maximum Gasteiger partial charge on any atom is 0.335 e. The van der Waals surface area contributed by atoms with Crippen molar-refractivity contribution in [3.05, 3.63) is 70.8 Å². The number of benzene rings is 2. The molecule has 3 rings (SSSR count). The van der Waals surface area contributed by atoms with Gasteiger partial charge in [-0.3, -0.25) is 0 Å². The lowest BCUT2D eigenvalue weighted by atomic mass is 10.1. The summed E-state index contributed by atoms with van der Waals surface area (Å²) in [6.45, 7) is 0. The number of hydroxylamine groups is 1. The number of nitrogens with zero attached hydrogens (tertiary/aromatic N) is 1. The van der Waals surface area contributed by atoms with E-state index >= 15 is 0 Å². The van der Waals surface area contributed by atoms with Gasteiger partial charge in [0, 0.05) is 5.56 Å². The molecule has 2 aromatic rings. The second-order valence-corrected chi connectivity index (χ2v) is 4.57. The highest BCUT2D eigenvalue weighted by atomic mass is 19.1. The van der Waals surface area contributed by atoms with Gasteiger partial charge in [0.25, 0.3) is 0 Å². The highest BCUT2D eigenvalue weighted by Gasteiger charge is 2.26. The fourth-order valence-corrected chi connectivity index (χ4v) is 2.06. The summed E-state index contributed by atoms with van der Waals surface area (Å²) in [5.41, 5.74) is 2.88. The third kappa shape index (κ3) is 2.53. The van der Waals surface area contributed by atoms with Crippen LogP contribution in [0.25, 0.3) is 0 Å². The van der Waals surface area contributed by atoms with Crippen LogP contribution in [0.5, 0.6) is 0 Å². The maximum atomic E-state index is 13.7. The number of carboxylic acid groups (broad SMARTS) is 1. The number of nitrogens with one attached hydrogen (secondary N) is 1. The Hall–Kier alpha value is -2.80. The van der Waals surface area contributed by atoms with Crippen molar-refractivity contribution in [1.29, 1.82) is 0 Å². The molecule has 7 heteroatoms. The van der Waals surface area contributed by atoms with Crippen LogP contribution >= 0.6 is 0 Å². The van der Waals surface area contributed by atoms with Gasteiger partial charge < -0.3 is 5.11 Å². The number of hydrogen-bond donors (Lipinski definition) is 2. The van der Waals surface area contributed by atoms with Crippen LogP contribution in [0, 0.1) is 11.6 Å². The number of halogens is 2. The van der Waals surface area contributed by atoms with E-state index < -0.39 is 23.8 Å². The van der Waals surface area contributed by atoms with Crippen LogP contribution in [0.1, 0.15) is 27.7 Å². The Morgan fingerprint density at radius 1 is 1.14 bits per heavy atom. The second-order valence-electron chi connectivity index (χ2n) is 4.57. The van der Waals surface area contributed by atoms with E-state index in [9.17, 15) is 13.6 Å². The molecule has 2 aromatic carbocycles. The summed E-state index contributed by atoms with van der Waals surface area (Å²) in [6, 6.07) is 9.36. The SMILES string of the molecule is O=C(O)c1ccc(C2=NC(c3c(F)cccc3F)ON2)cc1. The minimum atomic E-state index is -1.14. The van der Waals surface area contributed by atoms with Crippen molar-refractivity contribution in [2.24, 2.45) is 4.99 Å². The predicted molar refractivity (Wildman–Crippen MR) is 73.3 cm³/mol. The average Bonchev–Trinajstić information content (AvgIpc) is 2.97. The van der Waals surface area contributed by atoms with Crippen LogP contribution in [0.3, 0.4) is 0 Å². The maximum absolute atomic E-state index is 13.7. The highest BCUT2D eigenvalue weighted by molar-refractivity contribution is 5.99. The summed E-state index contributed by atoms with van der Waals surface area (Å²) < 4.78 is 27.4. The van der Waals surface area contributed by atoms with Crippen LogP contribution < -0.4 is 5.48 Å². The molecule has 0 saturated carbocycles. The molecule has 0 bridgehead atoms. The van der Waals surface area contributed by atoms with Crippen molar-refractivity contribution in [2.75, 3.05) is 0 Å². The lowest BCUT2D eigenvalue weighted by Gasteiger charge is -2.08. The first-order valence-electron chi connectivity index (χ1n) is 6.33. The molecular formula is C15H10F2N2O3. The number of aromatic carboxylic acids is 1. The lowest BCUT2D eigenvalue weighted by Crippen LogP contribution is -2.18. The zero-order valence-corrected chi connectivity index (χ0v) is 11.1. The van der Waals surface area contributed by atoms with Crippen LogP contribution in [-0.2, 0) is 4.84 Å². The van der Waals surface area contributed by atoms with E-state index in [-0.39, 0.29) is 17.0 Å². The van der Waals surface area contributed by atoms with E-state index in [2.05, 4.69) is 10.5 Å². The molecule has 2 N–H and O–H groups in total. The summed E-state index contributed by atoms with van der Waals surface area (Å²) in [5, 5.41) is 8.84. The molecular weight excluding hydrogens is 294 g/mol. The summed E-state index contributed by atoms with van der Waals surface area (Å²) in [4.78, 5) is 20.0. The van der Waals surface area contributed by atoms with Gasteiger partial charge in [-0.05, 0) is 24.3 Å². The van der Waals surface area contributed by atoms with Crippen molar-refractivity contribution in [3.8, 4) is 0 Å². The van der Waals surface area contributed by atoms with Gasteiger partial charge in [-0.2, -0.15) is 0 Å². The van der Waals surface area contributed by atoms with Crippen molar-refractivity contribution in [2.45, 2.75) is 6.23 Å². The average molecular weight is 304 g/mol. The minimum absolute atomic E-state index is 0.125. The molecule has 1 aliphatic heterocycles.